The van der Waals surface area contributed by atoms with Gasteiger partial charge in [0.1, 0.15) is 0 Å². The molecule has 0 aromatic heterocycles. The fraction of sp³-hybridized carbons (Fsp3) is 0. The first-order valence-corrected chi connectivity index (χ1v) is 3.18. The van der Waals surface area contributed by atoms with Gasteiger partial charge in [0, 0.05) is 60.5 Å². The van der Waals surface area contributed by atoms with Crippen LogP contribution in [0.5, 0.6) is 0 Å². The Balaban J connectivity index is -0.00000000167. The number of hydrogen-bond donors (Lipinski definition) is 0. The molecule has 5 heavy (non-hydrogen) atoms. The summed E-state index contributed by atoms with van der Waals surface area (Å²) in [5.41, 5.74) is 0. The normalized spacial score (nSPS) is 0.800. The molecular weight excluding hydrogens is 352 g/mol. The van der Waals surface area contributed by atoms with Gasteiger partial charge in [-0.1, -0.05) is 0 Å². The smallest absolute Gasteiger partial charge is 0 e. The van der Waals surface area contributed by atoms with Crippen molar-refractivity contribution in [1.29, 1.82) is 0 Å². The minimum absolute atomic E-state index is 0. The second-order valence-electron chi connectivity index (χ2n) is 0. The van der Waals surface area contributed by atoms with Gasteiger partial charge >= 0.3 is 25.3 Å². The molecule has 0 atom stereocenters. The molecule has 0 aliphatic rings. The number of rotatable bonds is 0. The first kappa shape index (κ1) is 25.2. The first-order valence-electron chi connectivity index (χ1n) is 0.204. The van der Waals surface area contributed by atoms with Crippen molar-refractivity contribution in [3.05, 3.63) is 0 Å². The maximum atomic E-state index is 4.08. The van der Waals surface area contributed by atoms with Crippen LogP contribution in [0.1, 0.15) is 0 Å². The monoisotopic (exact) mass is 353 g/mol. The van der Waals surface area contributed by atoms with Crippen molar-refractivity contribution in [2.24, 2.45) is 0 Å². The zero-order valence-electron chi connectivity index (χ0n) is 2.42. The van der Waals surface area contributed by atoms with Gasteiger partial charge in [-0.05, 0) is 0 Å². The van der Waals surface area contributed by atoms with Crippen molar-refractivity contribution in [1.82, 2.24) is 0 Å². The fourth-order valence-electron chi connectivity index (χ4n) is 0. The van der Waals surface area contributed by atoms with Gasteiger partial charge in [0.15, 0.2) is 0 Å². The molecule has 27 valence electrons. The van der Waals surface area contributed by atoms with Gasteiger partial charge in [-0.3, -0.25) is 0 Å². The predicted octanol–water partition coefficient (Wildman–Crippen LogP) is -0.118. The summed E-state index contributed by atoms with van der Waals surface area (Å²) < 4.78 is 0. The minimum atomic E-state index is 0. The van der Waals surface area contributed by atoms with E-state index in [4.69, 9.17) is 0 Å². The summed E-state index contributed by atoms with van der Waals surface area (Å²) in [6.45, 7) is 0. The third kappa shape index (κ3) is 20.3. The van der Waals surface area contributed by atoms with E-state index in [1.165, 1.54) is 0 Å². The Hall–Kier alpha value is 2.70. The van der Waals surface area contributed by atoms with Crippen molar-refractivity contribution in [3.8, 4) is 0 Å². The zero-order valence-corrected chi connectivity index (χ0v) is 12.1. The van der Waals surface area contributed by atoms with Crippen molar-refractivity contribution in [2.45, 2.75) is 0 Å². The topological polar surface area (TPSA) is 0 Å². The molecule has 0 spiro atoms. The van der Waals surface area contributed by atoms with Gasteiger partial charge in [0.2, 0.25) is 0 Å². The second-order valence-corrected chi connectivity index (χ2v) is 0. The van der Waals surface area contributed by atoms with Crippen LogP contribution in [-0.2, 0) is 36.5 Å². The molecule has 0 N–H and O–H groups in total. The molecule has 0 nitrogen and oxygen atoms in total. The van der Waals surface area contributed by atoms with Gasteiger partial charge in [-0.2, -0.15) is 0 Å². The van der Waals surface area contributed by atoms with Crippen LogP contribution in [0.15, 0.2) is 0 Å². The van der Waals surface area contributed by atoms with Crippen LogP contribution in [-0.4, -0.2) is 38.8 Å². The average Bonchev–Trinajstić information content (AvgIpc) is 1.00. The Kier molecular flexibility index (Phi) is 151. The molecule has 0 heterocycles. The second kappa shape index (κ2) is 29.8. The van der Waals surface area contributed by atoms with Crippen molar-refractivity contribution >= 4 is 49.2 Å². The Bertz CT molecular complexity index is 11.6. The third-order valence-corrected chi connectivity index (χ3v) is 0. The van der Waals surface area contributed by atoms with Crippen molar-refractivity contribution in [3.63, 3.8) is 0 Å². The van der Waals surface area contributed by atoms with Crippen molar-refractivity contribution < 1.29 is 36.5 Å². The summed E-state index contributed by atoms with van der Waals surface area (Å²) in [5, 5.41) is 0. The van der Waals surface area contributed by atoms with Crippen LogP contribution in [0.3, 0.4) is 0 Å². The summed E-state index contributed by atoms with van der Waals surface area (Å²) in [6.07, 6.45) is 0. The number of hydrogen-bond acceptors (Lipinski definition) is 1. The van der Waals surface area contributed by atoms with E-state index in [1.54, 1.807) is 14.9 Å². The average molecular weight is 352 g/mol. The molecule has 0 saturated carbocycles. The van der Waals surface area contributed by atoms with E-state index >= 15 is 0 Å². The maximum absolute atomic E-state index is 4.08. The van der Waals surface area contributed by atoms with E-state index in [1.807, 2.05) is 0 Å². The van der Waals surface area contributed by atoms with E-state index in [9.17, 15) is 0 Å². The quantitative estimate of drug-likeness (QED) is 0.548. The predicted molar refractivity (Wildman–Crippen MR) is 19.1 cm³/mol. The van der Waals surface area contributed by atoms with Gasteiger partial charge in [0.05, 0.1) is 0 Å². The van der Waals surface area contributed by atoms with Gasteiger partial charge in [0.25, 0.3) is 0 Å². The molecule has 0 aromatic carbocycles. The molecular formula is CuGeSSnZn. The molecule has 0 saturated heterocycles. The Morgan fingerprint density at radius 2 is 1.20 bits per heavy atom. The van der Waals surface area contributed by atoms with E-state index in [-0.39, 0.29) is 60.5 Å². The molecule has 7 radical (unpaired) electrons. The molecule has 0 rings (SSSR count). The molecule has 0 bridgehead atoms. The first-order chi connectivity index (χ1) is 1.00. The summed E-state index contributed by atoms with van der Waals surface area (Å²) in [5.74, 6) is 0. The van der Waals surface area contributed by atoms with E-state index in [0.717, 1.165) is 0 Å². The van der Waals surface area contributed by atoms with Gasteiger partial charge in [-0.15, -0.1) is 0 Å². The minimum Gasteiger partial charge on any atom is 0 e. The summed E-state index contributed by atoms with van der Waals surface area (Å²) >= 11 is 1.58. The Morgan fingerprint density at radius 1 is 1.20 bits per heavy atom. The molecule has 0 aliphatic carbocycles. The van der Waals surface area contributed by atoms with Crippen LogP contribution >= 0.6 is 10.5 Å². The summed E-state index contributed by atoms with van der Waals surface area (Å²) in [7, 11) is 4.08. The summed E-state index contributed by atoms with van der Waals surface area (Å²) in [6, 6.07) is 0. The summed E-state index contributed by atoms with van der Waals surface area (Å²) in [4.78, 5) is 0. The third-order valence-electron chi connectivity index (χ3n) is 0. The van der Waals surface area contributed by atoms with Crippen LogP contribution in [0.2, 0.25) is 0 Å². The van der Waals surface area contributed by atoms with Crippen LogP contribution in [0, 0.1) is 0 Å². The van der Waals surface area contributed by atoms with E-state index in [2.05, 4.69) is 10.5 Å². The largest absolute Gasteiger partial charge is 0 e. The van der Waals surface area contributed by atoms with E-state index in [0.29, 0.717) is 0 Å². The zero-order chi connectivity index (χ0) is 2.00. The van der Waals surface area contributed by atoms with Crippen molar-refractivity contribution in [2.75, 3.05) is 0 Å². The molecule has 5 heteroatoms. The van der Waals surface area contributed by atoms with Gasteiger partial charge < -0.3 is 0 Å². The molecule has 0 amide bonds. The molecule has 0 unspecified atom stereocenters. The SMILES string of the molecule is [Cu].[S]=[Ge].[Sn].[Zn]. The standard InChI is InChI=1S/Cu.GeS.Sn.Zn/c;1-2;;. The maximum Gasteiger partial charge on any atom is 0 e. The Morgan fingerprint density at radius 3 is 1.20 bits per heavy atom. The molecule has 0 fully saturated rings. The Labute approximate surface area is 84.4 Å². The van der Waals surface area contributed by atoms with Crippen LogP contribution < -0.4 is 0 Å². The van der Waals surface area contributed by atoms with Gasteiger partial charge in [-0.25, -0.2) is 0 Å². The van der Waals surface area contributed by atoms with Crippen LogP contribution in [0.25, 0.3) is 0 Å². The molecule has 0 aromatic rings. The van der Waals surface area contributed by atoms with Crippen LogP contribution in [0.4, 0.5) is 0 Å². The fourth-order valence-corrected chi connectivity index (χ4v) is 0. The van der Waals surface area contributed by atoms with E-state index < -0.39 is 0 Å². The molecule has 0 aliphatic heterocycles.